The molecule has 41 heavy (non-hydrogen) atoms. The fraction of sp³-hybridized carbons (Fsp3) is 0.286. The summed E-state index contributed by atoms with van der Waals surface area (Å²) >= 11 is 0. The summed E-state index contributed by atoms with van der Waals surface area (Å²) in [5.41, 5.74) is 6.98. The van der Waals surface area contributed by atoms with Gasteiger partial charge in [0.1, 0.15) is 11.7 Å². The van der Waals surface area contributed by atoms with Crippen LogP contribution in [-0.2, 0) is 21.4 Å². The van der Waals surface area contributed by atoms with Gasteiger partial charge in [-0.3, -0.25) is 4.79 Å². The molecule has 1 saturated carbocycles. The molecule has 3 aromatic carbocycles. The van der Waals surface area contributed by atoms with E-state index >= 15 is 0 Å². The lowest BCUT2D eigenvalue weighted by Crippen LogP contribution is -2.53. The van der Waals surface area contributed by atoms with Gasteiger partial charge in [0.05, 0.1) is 30.1 Å². The molecule has 6 heteroatoms. The van der Waals surface area contributed by atoms with Crippen molar-refractivity contribution in [2.24, 2.45) is 17.8 Å². The zero-order valence-corrected chi connectivity index (χ0v) is 23.4. The van der Waals surface area contributed by atoms with Crippen molar-refractivity contribution in [1.29, 1.82) is 5.26 Å². The molecule has 6 nitrogen and oxygen atoms in total. The van der Waals surface area contributed by atoms with Crippen molar-refractivity contribution in [1.82, 2.24) is 9.97 Å². The summed E-state index contributed by atoms with van der Waals surface area (Å²) in [6.45, 7) is 3.91. The second-order valence-corrected chi connectivity index (χ2v) is 11.2. The van der Waals surface area contributed by atoms with Crippen molar-refractivity contribution in [3.05, 3.63) is 107 Å². The van der Waals surface area contributed by atoms with Gasteiger partial charge in [-0.25, -0.2) is 14.8 Å². The summed E-state index contributed by atoms with van der Waals surface area (Å²) in [5, 5.41) is 10.0. The van der Waals surface area contributed by atoms with E-state index in [0.29, 0.717) is 17.8 Å². The van der Waals surface area contributed by atoms with Crippen molar-refractivity contribution in [3.63, 3.8) is 0 Å². The first kappa shape index (κ1) is 26.6. The number of hydrogen-bond donors (Lipinski definition) is 0. The van der Waals surface area contributed by atoms with Gasteiger partial charge in [-0.1, -0.05) is 67.6 Å². The Morgan fingerprint density at radius 2 is 1.71 bits per heavy atom. The highest BCUT2D eigenvalue weighted by atomic mass is 16.5. The van der Waals surface area contributed by atoms with Crippen LogP contribution in [-0.4, -0.2) is 28.8 Å². The Morgan fingerprint density at radius 3 is 2.41 bits per heavy atom. The first-order chi connectivity index (χ1) is 19.9. The maximum atomic E-state index is 13.2. The zero-order chi connectivity index (χ0) is 28.7. The number of benzene rings is 3. The number of fused-ring (bicyclic) bond motifs is 3. The van der Waals surface area contributed by atoms with E-state index in [1.54, 1.807) is 12.1 Å². The standard InChI is InChI=1S/C35H31N3O3/c1-21-30-17-16-29-31(26-9-7-8-25(18-26)23-12-14-24(15-13-23)34(40)41-3)37-22(2)38-33(29)35(30,19-27(20-36)32(21)39)28-10-5-4-6-11-28/h4-15,18,21,27,30H,16-17,19H2,1-3H3/t21-,27?,30-,35-/m0/s1. The number of ketones is 1. The molecule has 4 atom stereocenters. The smallest absolute Gasteiger partial charge is 0.337 e. The number of nitriles is 1. The van der Waals surface area contributed by atoms with Gasteiger partial charge in [-0.15, -0.1) is 0 Å². The second-order valence-electron chi connectivity index (χ2n) is 11.2. The summed E-state index contributed by atoms with van der Waals surface area (Å²) < 4.78 is 4.84. The number of hydrogen-bond acceptors (Lipinski definition) is 6. The minimum absolute atomic E-state index is 0.0458. The number of aromatic nitrogens is 2. The molecule has 2 aliphatic carbocycles. The van der Waals surface area contributed by atoms with Crippen LogP contribution >= 0.6 is 0 Å². The lowest BCUT2D eigenvalue weighted by molar-refractivity contribution is -0.131. The Labute approximate surface area is 240 Å². The Balaban J connectivity index is 1.52. The predicted octanol–water partition coefficient (Wildman–Crippen LogP) is 6.50. The van der Waals surface area contributed by atoms with Gasteiger partial charge in [0.15, 0.2) is 5.78 Å². The summed E-state index contributed by atoms with van der Waals surface area (Å²) in [6.07, 6.45) is 2.01. The van der Waals surface area contributed by atoms with E-state index in [1.165, 1.54) is 7.11 Å². The zero-order valence-electron chi connectivity index (χ0n) is 23.4. The highest BCUT2D eigenvalue weighted by molar-refractivity contribution is 5.90. The molecule has 1 heterocycles. The largest absolute Gasteiger partial charge is 0.465 e. The number of carbonyl (C=O) groups excluding carboxylic acids is 2. The van der Waals surface area contributed by atoms with Gasteiger partial charge in [-0.05, 0) is 67.0 Å². The molecule has 0 amide bonds. The van der Waals surface area contributed by atoms with Crippen molar-refractivity contribution in [2.75, 3.05) is 7.11 Å². The molecular weight excluding hydrogens is 510 g/mol. The first-order valence-electron chi connectivity index (χ1n) is 14.0. The van der Waals surface area contributed by atoms with E-state index in [1.807, 2.05) is 56.3 Å². The topological polar surface area (TPSA) is 92.9 Å². The molecule has 4 aromatic rings. The van der Waals surface area contributed by atoms with Gasteiger partial charge >= 0.3 is 5.97 Å². The van der Waals surface area contributed by atoms with Crippen molar-refractivity contribution < 1.29 is 14.3 Å². The average molecular weight is 542 g/mol. The molecule has 0 spiro atoms. The number of Topliss-reactive ketones (excluding diaryl/α,β-unsaturated/α-hetero) is 1. The molecular formula is C35H31N3O3. The highest BCUT2D eigenvalue weighted by Gasteiger charge is 2.56. The fourth-order valence-electron chi connectivity index (χ4n) is 7.10. The lowest BCUT2D eigenvalue weighted by atomic mass is 9.50. The van der Waals surface area contributed by atoms with Crippen LogP contribution in [0.25, 0.3) is 22.4 Å². The number of carbonyl (C=O) groups is 2. The van der Waals surface area contributed by atoms with Gasteiger partial charge in [0, 0.05) is 22.5 Å². The Bertz CT molecular complexity index is 1690. The number of aryl methyl sites for hydroxylation is 1. The maximum Gasteiger partial charge on any atom is 0.337 e. The van der Waals surface area contributed by atoms with Gasteiger partial charge in [-0.2, -0.15) is 5.26 Å². The van der Waals surface area contributed by atoms with Crippen LogP contribution < -0.4 is 0 Å². The van der Waals surface area contributed by atoms with E-state index in [9.17, 15) is 14.9 Å². The van der Waals surface area contributed by atoms with Crippen LogP contribution in [0.5, 0.6) is 0 Å². The summed E-state index contributed by atoms with van der Waals surface area (Å²) in [4.78, 5) is 35.2. The average Bonchev–Trinajstić information content (AvgIpc) is 3.02. The normalized spacial score (nSPS) is 23.2. The quantitative estimate of drug-likeness (QED) is 0.274. The van der Waals surface area contributed by atoms with Crippen LogP contribution in [0.15, 0.2) is 78.9 Å². The first-order valence-corrected chi connectivity index (χ1v) is 14.0. The number of ether oxygens (including phenoxy) is 1. The molecule has 2 aliphatic rings. The van der Waals surface area contributed by atoms with E-state index in [2.05, 4.69) is 30.3 Å². The number of esters is 1. The van der Waals surface area contributed by atoms with E-state index < -0.39 is 11.3 Å². The molecule has 1 unspecified atom stereocenters. The Morgan fingerprint density at radius 1 is 0.976 bits per heavy atom. The monoisotopic (exact) mass is 541 g/mol. The van der Waals surface area contributed by atoms with Crippen LogP contribution in [0.3, 0.4) is 0 Å². The minimum atomic E-state index is -0.678. The minimum Gasteiger partial charge on any atom is -0.465 e. The van der Waals surface area contributed by atoms with Crippen molar-refractivity contribution >= 4 is 11.8 Å². The molecule has 0 aliphatic heterocycles. The van der Waals surface area contributed by atoms with E-state index in [0.717, 1.165) is 52.0 Å². The number of methoxy groups -OCH3 is 1. The third kappa shape index (κ3) is 4.33. The summed E-state index contributed by atoms with van der Waals surface area (Å²) in [7, 11) is 1.38. The van der Waals surface area contributed by atoms with E-state index in [4.69, 9.17) is 14.7 Å². The van der Waals surface area contributed by atoms with Gasteiger partial charge in [0.25, 0.3) is 0 Å². The molecule has 0 N–H and O–H groups in total. The van der Waals surface area contributed by atoms with Crippen molar-refractivity contribution in [2.45, 2.75) is 38.5 Å². The second kappa shape index (κ2) is 10.4. The van der Waals surface area contributed by atoms with Crippen LogP contribution in [0.1, 0.15) is 52.8 Å². The highest BCUT2D eigenvalue weighted by Crippen LogP contribution is 2.56. The molecule has 1 fully saturated rings. The third-order valence-electron chi connectivity index (χ3n) is 9.02. The molecule has 0 radical (unpaired) electrons. The number of nitrogens with zero attached hydrogens (tertiary/aromatic N) is 3. The lowest BCUT2D eigenvalue weighted by Gasteiger charge is -2.51. The summed E-state index contributed by atoms with van der Waals surface area (Å²) in [5.74, 6) is -0.517. The summed E-state index contributed by atoms with van der Waals surface area (Å²) in [6, 6.07) is 28.3. The van der Waals surface area contributed by atoms with Gasteiger partial charge < -0.3 is 4.74 Å². The fourth-order valence-corrected chi connectivity index (χ4v) is 7.10. The molecule has 1 aromatic heterocycles. The molecule has 6 rings (SSSR count). The predicted molar refractivity (Wildman–Crippen MR) is 156 cm³/mol. The number of rotatable bonds is 4. The SMILES string of the molecule is COC(=O)c1ccc(-c2cccc(-c3nc(C)nc4c3CC[C@H]3[C@H](C)C(=O)C(C#N)C[C@@]43c3ccccc3)c2)cc1. The van der Waals surface area contributed by atoms with Crippen LogP contribution in [0.2, 0.25) is 0 Å². The Kier molecular flexibility index (Phi) is 6.75. The Hall–Kier alpha value is -4.63. The van der Waals surface area contributed by atoms with Crippen LogP contribution in [0.4, 0.5) is 0 Å². The van der Waals surface area contributed by atoms with Crippen LogP contribution in [0, 0.1) is 36.0 Å². The van der Waals surface area contributed by atoms with Gasteiger partial charge in [0.2, 0.25) is 0 Å². The maximum absolute atomic E-state index is 13.2. The van der Waals surface area contributed by atoms with E-state index in [-0.39, 0.29) is 23.6 Å². The van der Waals surface area contributed by atoms with Crippen molar-refractivity contribution in [3.8, 4) is 28.5 Å². The molecule has 0 saturated heterocycles. The molecule has 204 valence electrons. The molecule has 0 bridgehead atoms. The third-order valence-corrected chi connectivity index (χ3v) is 9.02.